The molecule has 1 rings (SSSR count). The molecule has 0 atom stereocenters. The number of nitrogens with two attached hydrogens (primary N) is 1. The summed E-state index contributed by atoms with van der Waals surface area (Å²) in [5.74, 6) is 0.667. The van der Waals surface area contributed by atoms with Gasteiger partial charge in [-0.25, -0.2) is 0 Å². The van der Waals surface area contributed by atoms with Crippen LogP contribution < -0.4 is 5.73 Å². The van der Waals surface area contributed by atoms with Crippen LogP contribution in [-0.4, -0.2) is 6.54 Å². The van der Waals surface area contributed by atoms with E-state index in [1.54, 1.807) is 5.57 Å². The molecule has 2 N–H and O–H groups in total. The fraction of sp³-hybridized carbons (Fsp3) is 0.778. The first-order valence-electron chi connectivity index (χ1n) is 4.16. The molecule has 1 fully saturated rings. The van der Waals surface area contributed by atoms with E-state index in [4.69, 9.17) is 5.73 Å². The van der Waals surface area contributed by atoms with E-state index in [9.17, 15) is 0 Å². The summed E-state index contributed by atoms with van der Waals surface area (Å²) < 4.78 is 0. The zero-order valence-corrected chi connectivity index (χ0v) is 6.98. The minimum Gasteiger partial charge on any atom is -0.327 e. The summed E-state index contributed by atoms with van der Waals surface area (Å²) in [7, 11) is 0. The highest BCUT2D eigenvalue weighted by atomic mass is 14.5. The molecule has 1 nitrogen and oxygen atoms in total. The molecule has 1 saturated carbocycles. The van der Waals surface area contributed by atoms with E-state index in [1.165, 1.54) is 24.8 Å². The molecular weight excluding hydrogens is 122 g/mol. The normalized spacial score (nSPS) is 17.4. The van der Waals surface area contributed by atoms with Gasteiger partial charge in [-0.3, -0.25) is 0 Å². The fourth-order valence-corrected chi connectivity index (χ4v) is 1.46. The predicted octanol–water partition coefficient (Wildman–Crippen LogP) is 2.08. The van der Waals surface area contributed by atoms with Gasteiger partial charge in [0, 0.05) is 6.54 Å². The number of hydrogen-bond acceptors (Lipinski definition) is 1. The highest BCUT2D eigenvalue weighted by Crippen LogP contribution is 2.31. The molecule has 0 aromatic carbocycles. The minimum atomic E-state index is 0.667. The Morgan fingerprint density at radius 3 is 2.20 bits per heavy atom. The summed E-state index contributed by atoms with van der Waals surface area (Å²) in [6.07, 6.45) is 4.00. The molecule has 10 heavy (non-hydrogen) atoms. The van der Waals surface area contributed by atoms with Crippen LogP contribution in [0.1, 0.15) is 33.1 Å². The van der Waals surface area contributed by atoms with Gasteiger partial charge in [0.2, 0.25) is 0 Å². The molecule has 1 aliphatic carbocycles. The average molecular weight is 139 g/mol. The lowest BCUT2D eigenvalue weighted by atomic mass is 9.84. The summed E-state index contributed by atoms with van der Waals surface area (Å²) in [5, 5.41) is 0. The summed E-state index contributed by atoms with van der Waals surface area (Å²) >= 11 is 0. The average Bonchev–Trinajstić information content (AvgIpc) is 1.76. The van der Waals surface area contributed by atoms with Crippen LogP contribution in [0.15, 0.2) is 11.1 Å². The van der Waals surface area contributed by atoms with Crippen LogP contribution in [0.5, 0.6) is 0 Å². The summed E-state index contributed by atoms with van der Waals surface area (Å²) in [4.78, 5) is 0. The Morgan fingerprint density at radius 1 is 1.50 bits per heavy atom. The van der Waals surface area contributed by atoms with Crippen LogP contribution in [0.2, 0.25) is 0 Å². The van der Waals surface area contributed by atoms with Gasteiger partial charge < -0.3 is 5.73 Å². The SMILES string of the molecule is CC(C)C(CN)=C1CCC1. The van der Waals surface area contributed by atoms with Crippen molar-refractivity contribution in [3.8, 4) is 0 Å². The van der Waals surface area contributed by atoms with E-state index < -0.39 is 0 Å². The highest BCUT2D eigenvalue weighted by Gasteiger charge is 2.14. The van der Waals surface area contributed by atoms with E-state index in [0.29, 0.717) is 5.92 Å². The Labute approximate surface area is 63.3 Å². The van der Waals surface area contributed by atoms with E-state index >= 15 is 0 Å². The molecule has 0 aromatic heterocycles. The molecule has 0 unspecified atom stereocenters. The van der Waals surface area contributed by atoms with E-state index in [-0.39, 0.29) is 0 Å². The summed E-state index contributed by atoms with van der Waals surface area (Å²) in [6.45, 7) is 5.23. The molecule has 0 bridgehead atoms. The molecular formula is C9H17N. The maximum absolute atomic E-state index is 5.63. The van der Waals surface area contributed by atoms with Crippen molar-refractivity contribution in [1.29, 1.82) is 0 Å². The molecule has 0 amide bonds. The summed E-state index contributed by atoms with van der Waals surface area (Å²) in [6, 6.07) is 0. The molecule has 0 aliphatic heterocycles. The Balaban J connectivity index is 2.62. The van der Waals surface area contributed by atoms with Crippen LogP contribution in [0.25, 0.3) is 0 Å². The van der Waals surface area contributed by atoms with Crippen LogP contribution in [0.4, 0.5) is 0 Å². The Bertz CT molecular complexity index is 139. The number of hydrogen-bond donors (Lipinski definition) is 1. The molecule has 0 heterocycles. The zero-order valence-electron chi connectivity index (χ0n) is 6.98. The Hall–Kier alpha value is -0.300. The first kappa shape index (κ1) is 7.80. The minimum absolute atomic E-state index is 0.667. The van der Waals surface area contributed by atoms with Gasteiger partial charge in [-0.15, -0.1) is 0 Å². The first-order valence-corrected chi connectivity index (χ1v) is 4.16. The van der Waals surface area contributed by atoms with E-state index in [1.807, 2.05) is 0 Å². The van der Waals surface area contributed by atoms with Gasteiger partial charge in [-0.05, 0) is 25.2 Å². The number of allylic oxidation sites excluding steroid dienone is 1. The topological polar surface area (TPSA) is 26.0 Å². The van der Waals surface area contributed by atoms with Crippen LogP contribution >= 0.6 is 0 Å². The smallest absolute Gasteiger partial charge is 0.0142 e. The van der Waals surface area contributed by atoms with Gasteiger partial charge >= 0.3 is 0 Å². The highest BCUT2D eigenvalue weighted by molar-refractivity contribution is 5.21. The van der Waals surface area contributed by atoms with Crippen molar-refractivity contribution in [2.24, 2.45) is 11.7 Å². The molecule has 0 spiro atoms. The molecule has 1 heteroatoms. The van der Waals surface area contributed by atoms with Crippen molar-refractivity contribution in [2.45, 2.75) is 33.1 Å². The largest absolute Gasteiger partial charge is 0.327 e. The van der Waals surface area contributed by atoms with Gasteiger partial charge in [0.1, 0.15) is 0 Å². The Morgan fingerprint density at radius 2 is 2.10 bits per heavy atom. The quantitative estimate of drug-likeness (QED) is 0.582. The number of rotatable bonds is 2. The molecule has 0 radical (unpaired) electrons. The van der Waals surface area contributed by atoms with Gasteiger partial charge in [-0.2, -0.15) is 0 Å². The van der Waals surface area contributed by atoms with Crippen molar-refractivity contribution < 1.29 is 0 Å². The zero-order chi connectivity index (χ0) is 7.56. The summed E-state index contributed by atoms with van der Waals surface area (Å²) in [5.41, 5.74) is 8.77. The van der Waals surface area contributed by atoms with Gasteiger partial charge in [0.15, 0.2) is 0 Å². The second-order valence-corrected chi connectivity index (χ2v) is 3.34. The third-order valence-electron chi connectivity index (χ3n) is 2.33. The predicted molar refractivity (Wildman–Crippen MR) is 44.8 cm³/mol. The molecule has 1 aliphatic rings. The maximum atomic E-state index is 5.63. The lowest BCUT2D eigenvalue weighted by Crippen LogP contribution is -2.14. The molecule has 0 saturated heterocycles. The van der Waals surface area contributed by atoms with Gasteiger partial charge in [0.25, 0.3) is 0 Å². The van der Waals surface area contributed by atoms with E-state index in [2.05, 4.69) is 13.8 Å². The third kappa shape index (κ3) is 1.40. The van der Waals surface area contributed by atoms with Crippen molar-refractivity contribution in [2.75, 3.05) is 6.54 Å². The van der Waals surface area contributed by atoms with Crippen molar-refractivity contribution in [3.63, 3.8) is 0 Å². The van der Waals surface area contributed by atoms with Crippen LogP contribution in [-0.2, 0) is 0 Å². The first-order chi connectivity index (χ1) is 4.75. The standard InChI is InChI=1S/C9H17N/c1-7(2)9(6-10)8-4-3-5-8/h7H,3-6,10H2,1-2H3. The third-order valence-corrected chi connectivity index (χ3v) is 2.33. The monoisotopic (exact) mass is 139 g/mol. The second-order valence-electron chi connectivity index (χ2n) is 3.34. The Kier molecular flexibility index (Phi) is 2.50. The van der Waals surface area contributed by atoms with Gasteiger partial charge in [-0.1, -0.05) is 25.0 Å². The molecule has 58 valence electrons. The van der Waals surface area contributed by atoms with Gasteiger partial charge in [0.05, 0.1) is 0 Å². The fourth-order valence-electron chi connectivity index (χ4n) is 1.46. The van der Waals surface area contributed by atoms with Crippen molar-refractivity contribution >= 4 is 0 Å². The van der Waals surface area contributed by atoms with E-state index in [0.717, 1.165) is 6.54 Å². The van der Waals surface area contributed by atoms with Crippen LogP contribution in [0.3, 0.4) is 0 Å². The van der Waals surface area contributed by atoms with Crippen LogP contribution in [0, 0.1) is 5.92 Å². The molecule has 0 aromatic rings. The van der Waals surface area contributed by atoms with Crippen molar-refractivity contribution in [1.82, 2.24) is 0 Å². The maximum Gasteiger partial charge on any atom is 0.0142 e. The second kappa shape index (κ2) is 3.20. The van der Waals surface area contributed by atoms with Crippen molar-refractivity contribution in [3.05, 3.63) is 11.1 Å². The lowest BCUT2D eigenvalue weighted by molar-refractivity contribution is 0.609. The lowest BCUT2D eigenvalue weighted by Gasteiger charge is -2.23.